The highest BCUT2D eigenvalue weighted by Crippen LogP contribution is 2.18. The first kappa shape index (κ1) is 12.4. The lowest BCUT2D eigenvalue weighted by atomic mass is 10.1. The van der Waals surface area contributed by atoms with Crippen molar-refractivity contribution in [2.45, 2.75) is 26.3 Å². The van der Waals surface area contributed by atoms with E-state index in [4.69, 9.17) is 0 Å². The summed E-state index contributed by atoms with van der Waals surface area (Å²) in [6.07, 6.45) is 2.61. The molecule has 0 atom stereocenters. The monoisotopic (exact) mass is 256 g/mol. The fraction of sp³-hybridized carbons (Fsp3) is 0.467. The molecule has 3 rings (SSSR count). The fourth-order valence-corrected chi connectivity index (χ4v) is 2.60. The predicted octanol–water partition coefficient (Wildman–Crippen LogP) is 2.39. The van der Waals surface area contributed by atoms with Crippen LogP contribution < -0.4 is 0 Å². The lowest BCUT2D eigenvalue weighted by Crippen LogP contribution is -2.19. The largest absolute Gasteiger partial charge is 0.296 e. The number of hydrogen-bond acceptors (Lipinski definition) is 3. The van der Waals surface area contributed by atoms with E-state index in [1.165, 1.54) is 31.5 Å². The first-order chi connectivity index (χ1) is 9.22. The first-order valence-electron chi connectivity index (χ1n) is 6.92. The average molecular weight is 256 g/mol. The van der Waals surface area contributed by atoms with Crippen molar-refractivity contribution in [1.29, 1.82) is 0 Å². The molecule has 0 aliphatic carbocycles. The van der Waals surface area contributed by atoms with Crippen LogP contribution in [-0.4, -0.2) is 32.8 Å². The molecule has 1 aliphatic heterocycles. The number of aromatic nitrogens is 3. The summed E-state index contributed by atoms with van der Waals surface area (Å²) in [6, 6.07) is 8.45. The van der Waals surface area contributed by atoms with Crippen LogP contribution >= 0.6 is 0 Å². The van der Waals surface area contributed by atoms with Crippen molar-refractivity contribution >= 4 is 0 Å². The summed E-state index contributed by atoms with van der Waals surface area (Å²) < 4.78 is 1.88. The van der Waals surface area contributed by atoms with Crippen LogP contribution in [-0.2, 0) is 13.6 Å². The van der Waals surface area contributed by atoms with Crippen LogP contribution in [0.3, 0.4) is 0 Å². The van der Waals surface area contributed by atoms with Crippen molar-refractivity contribution < 1.29 is 0 Å². The average Bonchev–Trinajstić information content (AvgIpc) is 3.01. The van der Waals surface area contributed by atoms with Gasteiger partial charge in [0.2, 0.25) is 0 Å². The smallest absolute Gasteiger partial charge is 0.165 e. The Balaban J connectivity index is 1.82. The molecule has 1 fully saturated rings. The van der Waals surface area contributed by atoms with Crippen molar-refractivity contribution in [3.8, 4) is 11.4 Å². The number of hydrogen-bond donors (Lipinski definition) is 0. The third-order valence-electron chi connectivity index (χ3n) is 3.68. The fourth-order valence-electron chi connectivity index (χ4n) is 2.60. The van der Waals surface area contributed by atoms with Gasteiger partial charge in [-0.3, -0.25) is 4.90 Å². The van der Waals surface area contributed by atoms with Crippen LogP contribution in [0.25, 0.3) is 11.4 Å². The molecule has 4 heteroatoms. The number of benzene rings is 1. The zero-order chi connectivity index (χ0) is 13.2. The van der Waals surface area contributed by atoms with Gasteiger partial charge in [-0.25, -0.2) is 9.67 Å². The topological polar surface area (TPSA) is 34.0 Å². The standard InChI is InChI=1S/C15H20N4/c1-12-5-7-13(8-6-12)15-16-14(17-18(15)2)11-19-9-3-4-10-19/h5-8H,3-4,9-11H2,1-2H3. The van der Waals surface area contributed by atoms with Gasteiger partial charge in [-0.05, 0) is 32.9 Å². The lowest BCUT2D eigenvalue weighted by Gasteiger charge is -2.10. The molecule has 0 radical (unpaired) electrons. The van der Waals surface area contributed by atoms with Crippen molar-refractivity contribution in [3.05, 3.63) is 35.7 Å². The maximum absolute atomic E-state index is 4.68. The van der Waals surface area contributed by atoms with Gasteiger partial charge in [-0.15, -0.1) is 0 Å². The Morgan fingerprint density at radius 2 is 1.79 bits per heavy atom. The molecule has 1 aromatic heterocycles. The first-order valence-corrected chi connectivity index (χ1v) is 6.92. The SMILES string of the molecule is Cc1ccc(-c2nc(CN3CCCC3)nn2C)cc1. The molecule has 0 N–H and O–H groups in total. The minimum absolute atomic E-state index is 0.875. The molecule has 1 aromatic carbocycles. The van der Waals surface area contributed by atoms with Gasteiger partial charge in [0.25, 0.3) is 0 Å². The molecule has 0 saturated carbocycles. The highest BCUT2D eigenvalue weighted by Gasteiger charge is 2.16. The Morgan fingerprint density at radius 3 is 2.47 bits per heavy atom. The van der Waals surface area contributed by atoms with Crippen molar-refractivity contribution in [2.75, 3.05) is 13.1 Å². The van der Waals surface area contributed by atoms with E-state index in [-0.39, 0.29) is 0 Å². The van der Waals surface area contributed by atoms with Gasteiger partial charge in [-0.2, -0.15) is 5.10 Å². The Bertz CT molecular complexity index is 550. The third-order valence-corrected chi connectivity index (χ3v) is 3.68. The molecule has 19 heavy (non-hydrogen) atoms. The molecule has 2 aromatic rings. The van der Waals surface area contributed by atoms with Gasteiger partial charge in [0.05, 0.1) is 6.54 Å². The molecule has 2 heterocycles. The number of likely N-dealkylation sites (tertiary alicyclic amines) is 1. The molecular weight excluding hydrogens is 236 g/mol. The second kappa shape index (κ2) is 5.13. The van der Waals surface area contributed by atoms with Gasteiger partial charge >= 0.3 is 0 Å². The Hall–Kier alpha value is -1.68. The summed E-state index contributed by atoms with van der Waals surface area (Å²) in [4.78, 5) is 7.11. The molecule has 4 nitrogen and oxygen atoms in total. The zero-order valence-corrected chi connectivity index (χ0v) is 11.6. The Kier molecular flexibility index (Phi) is 3.34. The number of nitrogens with zero attached hydrogens (tertiary/aromatic N) is 4. The van der Waals surface area contributed by atoms with Gasteiger partial charge < -0.3 is 0 Å². The van der Waals surface area contributed by atoms with Crippen LogP contribution in [0.1, 0.15) is 24.2 Å². The molecular formula is C15H20N4. The maximum atomic E-state index is 4.68. The van der Waals surface area contributed by atoms with E-state index < -0.39 is 0 Å². The minimum atomic E-state index is 0.875. The van der Waals surface area contributed by atoms with Gasteiger partial charge in [-0.1, -0.05) is 29.8 Å². The van der Waals surface area contributed by atoms with E-state index in [0.717, 1.165) is 23.8 Å². The Morgan fingerprint density at radius 1 is 1.11 bits per heavy atom. The molecule has 0 amide bonds. The summed E-state index contributed by atoms with van der Waals surface area (Å²) in [7, 11) is 1.97. The molecule has 0 bridgehead atoms. The van der Waals surface area contributed by atoms with Gasteiger partial charge in [0.15, 0.2) is 11.6 Å². The molecule has 1 saturated heterocycles. The summed E-state index contributed by atoms with van der Waals surface area (Å²) >= 11 is 0. The van der Waals surface area contributed by atoms with E-state index >= 15 is 0 Å². The zero-order valence-electron chi connectivity index (χ0n) is 11.6. The second-order valence-corrected chi connectivity index (χ2v) is 5.32. The van der Waals surface area contributed by atoms with Crippen LogP contribution in [0.15, 0.2) is 24.3 Å². The summed E-state index contributed by atoms with van der Waals surface area (Å²) in [6.45, 7) is 5.33. The van der Waals surface area contributed by atoms with Gasteiger partial charge in [0, 0.05) is 12.6 Å². The molecule has 1 aliphatic rings. The third kappa shape index (κ3) is 2.68. The molecule has 100 valence electrons. The van der Waals surface area contributed by atoms with E-state index in [2.05, 4.69) is 46.2 Å². The maximum Gasteiger partial charge on any atom is 0.165 e. The van der Waals surface area contributed by atoms with Crippen LogP contribution in [0.5, 0.6) is 0 Å². The molecule has 0 spiro atoms. The van der Waals surface area contributed by atoms with Crippen molar-refractivity contribution in [1.82, 2.24) is 19.7 Å². The van der Waals surface area contributed by atoms with Gasteiger partial charge in [0.1, 0.15) is 0 Å². The number of aryl methyl sites for hydroxylation is 2. The van der Waals surface area contributed by atoms with Crippen LogP contribution in [0.2, 0.25) is 0 Å². The highest BCUT2D eigenvalue weighted by atomic mass is 15.3. The Labute approximate surface area is 114 Å². The lowest BCUT2D eigenvalue weighted by molar-refractivity contribution is 0.322. The van der Waals surface area contributed by atoms with E-state index in [1.54, 1.807) is 0 Å². The van der Waals surface area contributed by atoms with Crippen LogP contribution in [0, 0.1) is 6.92 Å². The second-order valence-electron chi connectivity index (χ2n) is 5.32. The van der Waals surface area contributed by atoms with E-state index in [9.17, 15) is 0 Å². The van der Waals surface area contributed by atoms with E-state index in [0.29, 0.717) is 0 Å². The number of rotatable bonds is 3. The minimum Gasteiger partial charge on any atom is -0.296 e. The summed E-state index contributed by atoms with van der Waals surface area (Å²) in [5.74, 6) is 1.88. The summed E-state index contributed by atoms with van der Waals surface area (Å²) in [5.41, 5.74) is 2.40. The normalized spacial score (nSPS) is 16.1. The molecule has 0 unspecified atom stereocenters. The summed E-state index contributed by atoms with van der Waals surface area (Å²) in [5, 5.41) is 4.54. The van der Waals surface area contributed by atoms with Crippen molar-refractivity contribution in [3.63, 3.8) is 0 Å². The van der Waals surface area contributed by atoms with Crippen LogP contribution in [0.4, 0.5) is 0 Å². The predicted molar refractivity (Wildman–Crippen MR) is 75.7 cm³/mol. The van der Waals surface area contributed by atoms with Crippen molar-refractivity contribution in [2.24, 2.45) is 7.05 Å². The quantitative estimate of drug-likeness (QED) is 0.845. The van der Waals surface area contributed by atoms with E-state index in [1.807, 2.05) is 11.7 Å². The highest BCUT2D eigenvalue weighted by molar-refractivity contribution is 5.55.